The number of hydrogen-bond donors (Lipinski definition) is 2. The minimum Gasteiger partial charge on any atom is -0.479 e. The van der Waals surface area contributed by atoms with Crippen molar-refractivity contribution in [3.63, 3.8) is 0 Å². The molecule has 6 heteroatoms. The largest absolute Gasteiger partial charge is 0.479 e. The Balaban J connectivity index is 4.00. The molecule has 66 valence electrons. The maximum Gasteiger partial charge on any atom is 0.341 e. The Morgan fingerprint density at radius 1 is 1.45 bits per heavy atom. The van der Waals surface area contributed by atoms with Gasteiger partial charge in [-0.1, -0.05) is 0 Å². The minimum absolute atomic E-state index is 0.727. The van der Waals surface area contributed by atoms with Gasteiger partial charge in [-0.05, 0) is 0 Å². The van der Waals surface area contributed by atoms with Crippen molar-refractivity contribution in [3.05, 3.63) is 0 Å². The third-order valence-electron chi connectivity index (χ3n) is 1.09. The normalized spacial score (nSPS) is 18.9. The van der Waals surface area contributed by atoms with E-state index < -0.39 is 31.0 Å². The molecule has 0 fully saturated rings. The minimum atomic E-state index is -2.84. The average Bonchev–Trinajstić information content (AvgIpc) is 2.00. The van der Waals surface area contributed by atoms with E-state index in [0.717, 1.165) is 0 Å². The lowest BCUT2D eigenvalue weighted by Crippen LogP contribution is -2.37. The van der Waals surface area contributed by atoms with Gasteiger partial charge in [-0.15, -0.1) is 0 Å². The van der Waals surface area contributed by atoms with Gasteiger partial charge in [-0.3, -0.25) is 0 Å². The Morgan fingerprint density at radius 2 is 1.91 bits per heavy atom. The summed E-state index contributed by atoms with van der Waals surface area (Å²) in [4.78, 5) is 9.74. The van der Waals surface area contributed by atoms with Gasteiger partial charge in [0.05, 0.1) is 0 Å². The average molecular weight is 171 g/mol. The van der Waals surface area contributed by atoms with Crippen molar-refractivity contribution >= 4 is 5.97 Å². The Morgan fingerprint density at radius 3 is 2.18 bits per heavy atom. The van der Waals surface area contributed by atoms with E-state index in [0.29, 0.717) is 0 Å². The van der Waals surface area contributed by atoms with Gasteiger partial charge in [0, 0.05) is 6.54 Å². The number of aliphatic carboxylic acids is 1. The molecule has 0 saturated carbocycles. The van der Waals surface area contributed by atoms with Crippen molar-refractivity contribution in [3.8, 4) is 0 Å². The number of carbonyl (C=O) groups is 1. The van der Waals surface area contributed by atoms with Crippen LogP contribution in [0.5, 0.6) is 0 Å². The summed E-state index contributed by atoms with van der Waals surface area (Å²) in [6, 6.07) is 0. The lowest BCUT2D eigenvalue weighted by molar-refractivity contribution is -0.146. The number of alkyl halides is 3. The number of carboxylic acids is 1. The summed E-state index contributed by atoms with van der Waals surface area (Å²) in [5.74, 6) is -2.02. The number of nitrogens with two attached hydrogens (primary N) is 1. The van der Waals surface area contributed by atoms with Gasteiger partial charge < -0.3 is 10.8 Å². The van der Waals surface area contributed by atoms with E-state index in [4.69, 9.17) is 5.11 Å². The van der Waals surface area contributed by atoms with Crippen LogP contribution in [0.2, 0.25) is 0 Å². The van der Waals surface area contributed by atoms with Crippen LogP contribution in [0.15, 0.2) is 0 Å². The SMILES string of the molecule is NC[C@H](F)[C@@H](F)[C@@H](F)C(=O)O. The zero-order valence-electron chi connectivity index (χ0n) is 5.51. The van der Waals surface area contributed by atoms with E-state index in [2.05, 4.69) is 5.73 Å². The molecule has 0 rings (SSSR count). The summed E-state index contributed by atoms with van der Waals surface area (Å²) in [6.07, 6.45) is -7.79. The van der Waals surface area contributed by atoms with Gasteiger partial charge in [-0.25, -0.2) is 18.0 Å². The zero-order valence-corrected chi connectivity index (χ0v) is 5.51. The molecular weight excluding hydrogens is 163 g/mol. The molecule has 0 saturated heterocycles. The van der Waals surface area contributed by atoms with Gasteiger partial charge >= 0.3 is 5.97 Å². The molecule has 0 aromatic rings. The second kappa shape index (κ2) is 4.17. The first-order chi connectivity index (χ1) is 5.00. The number of rotatable bonds is 4. The zero-order chi connectivity index (χ0) is 9.02. The summed E-state index contributed by atoms with van der Waals surface area (Å²) in [6.45, 7) is -0.727. The van der Waals surface area contributed by atoms with Crippen LogP contribution < -0.4 is 5.73 Å². The highest BCUT2D eigenvalue weighted by molar-refractivity contribution is 5.72. The molecule has 3 N–H and O–H groups in total. The fraction of sp³-hybridized carbons (Fsp3) is 0.800. The maximum absolute atomic E-state index is 12.2. The van der Waals surface area contributed by atoms with Crippen molar-refractivity contribution in [2.45, 2.75) is 18.5 Å². The summed E-state index contributed by atoms with van der Waals surface area (Å²) < 4.78 is 36.4. The van der Waals surface area contributed by atoms with Crippen molar-refractivity contribution in [1.29, 1.82) is 0 Å². The fourth-order valence-electron chi connectivity index (χ4n) is 0.450. The van der Waals surface area contributed by atoms with Crippen LogP contribution in [0.25, 0.3) is 0 Å². The van der Waals surface area contributed by atoms with Crippen molar-refractivity contribution in [2.75, 3.05) is 6.54 Å². The molecule has 0 unspecified atom stereocenters. The third-order valence-corrected chi connectivity index (χ3v) is 1.09. The molecule has 0 aromatic heterocycles. The first-order valence-corrected chi connectivity index (χ1v) is 2.85. The highest BCUT2D eigenvalue weighted by Gasteiger charge is 2.34. The predicted molar refractivity (Wildman–Crippen MR) is 31.4 cm³/mol. The lowest BCUT2D eigenvalue weighted by Gasteiger charge is -2.11. The van der Waals surface area contributed by atoms with Gasteiger partial charge in [0.25, 0.3) is 0 Å². The van der Waals surface area contributed by atoms with Crippen LogP contribution in [0.1, 0.15) is 0 Å². The second-order valence-corrected chi connectivity index (χ2v) is 1.94. The quantitative estimate of drug-likeness (QED) is 0.627. The van der Waals surface area contributed by atoms with E-state index in [1.807, 2.05) is 0 Å². The molecular formula is C5H8F3NO2. The molecule has 0 aromatic carbocycles. The summed E-state index contributed by atoms with van der Waals surface area (Å²) in [5.41, 5.74) is 4.64. The maximum atomic E-state index is 12.2. The van der Waals surface area contributed by atoms with Gasteiger partial charge in [0.15, 0.2) is 6.17 Å². The molecule has 0 aliphatic heterocycles. The second-order valence-electron chi connectivity index (χ2n) is 1.94. The molecule has 0 radical (unpaired) electrons. The number of hydrogen-bond acceptors (Lipinski definition) is 2. The van der Waals surface area contributed by atoms with E-state index in [1.165, 1.54) is 0 Å². The summed E-state index contributed by atoms with van der Waals surface area (Å²) >= 11 is 0. The van der Waals surface area contributed by atoms with Crippen molar-refractivity contribution in [1.82, 2.24) is 0 Å². The topological polar surface area (TPSA) is 63.3 Å². The van der Waals surface area contributed by atoms with Crippen LogP contribution in [-0.2, 0) is 4.79 Å². The van der Waals surface area contributed by atoms with Gasteiger partial charge in [0.1, 0.15) is 6.17 Å². The smallest absolute Gasteiger partial charge is 0.341 e. The molecule has 0 aliphatic rings. The van der Waals surface area contributed by atoms with Crippen LogP contribution in [0.4, 0.5) is 13.2 Å². The van der Waals surface area contributed by atoms with Gasteiger partial charge in [0.2, 0.25) is 6.17 Å². The van der Waals surface area contributed by atoms with Crippen molar-refractivity contribution < 1.29 is 23.1 Å². The molecule has 3 nitrogen and oxygen atoms in total. The Bertz CT molecular complexity index is 144. The van der Waals surface area contributed by atoms with Crippen LogP contribution in [-0.4, -0.2) is 36.1 Å². The molecule has 11 heavy (non-hydrogen) atoms. The van der Waals surface area contributed by atoms with E-state index >= 15 is 0 Å². The fourth-order valence-corrected chi connectivity index (χ4v) is 0.450. The summed E-state index contributed by atoms with van der Waals surface area (Å²) in [7, 11) is 0. The molecule has 0 amide bonds. The van der Waals surface area contributed by atoms with Gasteiger partial charge in [-0.2, -0.15) is 0 Å². The van der Waals surface area contributed by atoms with E-state index in [-0.39, 0.29) is 0 Å². The first-order valence-electron chi connectivity index (χ1n) is 2.85. The Hall–Kier alpha value is -0.780. The predicted octanol–water partition coefficient (Wildman–Crippen LogP) is 0.0440. The van der Waals surface area contributed by atoms with Crippen LogP contribution >= 0.6 is 0 Å². The summed E-state index contributed by atoms with van der Waals surface area (Å²) in [5, 5.41) is 7.87. The Kier molecular flexibility index (Phi) is 3.88. The standard InChI is InChI=1S/C5H8F3NO2/c6-2(1-9)3(7)4(8)5(10)11/h2-4H,1,9H2,(H,10,11)/t2-,3+,4+/m0/s1. The van der Waals surface area contributed by atoms with Crippen LogP contribution in [0, 0.1) is 0 Å². The highest BCUT2D eigenvalue weighted by Crippen LogP contribution is 2.11. The number of carboxylic acid groups (broad SMARTS) is 1. The lowest BCUT2D eigenvalue weighted by atomic mass is 10.1. The number of halogens is 3. The molecule has 3 atom stereocenters. The molecule has 0 heterocycles. The molecule has 0 spiro atoms. The van der Waals surface area contributed by atoms with E-state index in [1.54, 1.807) is 0 Å². The molecule has 0 bridgehead atoms. The third kappa shape index (κ3) is 2.75. The molecule has 0 aliphatic carbocycles. The van der Waals surface area contributed by atoms with Crippen LogP contribution in [0.3, 0.4) is 0 Å². The monoisotopic (exact) mass is 171 g/mol. The highest BCUT2D eigenvalue weighted by atomic mass is 19.2. The first kappa shape index (κ1) is 10.2. The Labute approximate surface area is 61.0 Å². The van der Waals surface area contributed by atoms with E-state index in [9.17, 15) is 18.0 Å². The van der Waals surface area contributed by atoms with Crippen molar-refractivity contribution in [2.24, 2.45) is 5.73 Å².